The number of halogens is 5. The average Bonchev–Trinajstić information content (AvgIpc) is 3.29. The molecule has 0 bridgehead atoms. The van der Waals surface area contributed by atoms with Gasteiger partial charge in [-0.1, -0.05) is 65.3 Å². The molecule has 3 aromatic carbocycles. The molecule has 4 rings (SSSR count). The van der Waals surface area contributed by atoms with E-state index in [2.05, 4.69) is 20.8 Å². The zero-order valence-corrected chi connectivity index (χ0v) is 21.6. The summed E-state index contributed by atoms with van der Waals surface area (Å²) in [6, 6.07) is 18.2. The highest BCUT2D eigenvalue weighted by molar-refractivity contribution is 7.99. The zero-order chi connectivity index (χ0) is 27.3. The normalized spacial score (nSPS) is 11.3. The highest BCUT2D eigenvalue weighted by Gasteiger charge is 2.33. The van der Waals surface area contributed by atoms with Crippen molar-refractivity contribution in [1.29, 1.82) is 0 Å². The van der Waals surface area contributed by atoms with Gasteiger partial charge in [-0.3, -0.25) is 14.2 Å². The molecule has 0 unspecified atom stereocenters. The third-order valence-electron chi connectivity index (χ3n) is 5.14. The van der Waals surface area contributed by atoms with Crippen molar-refractivity contribution in [2.45, 2.75) is 17.9 Å². The van der Waals surface area contributed by atoms with Crippen LogP contribution in [0.2, 0.25) is 10.0 Å². The van der Waals surface area contributed by atoms with Crippen LogP contribution in [-0.4, -0.2) is 32.3 Å². The summed E-state index contributed by atoms with van der Waals surface area (Å²) in [4.78, 5) is 25.2. The highest BCUT2D eigenvalue weighted by Crippen LogP contribution is 2.34. The van der Waals surface area contributed by atoms with Crippen molar-refractivity contribution < 1.29 is 22.8 Å². The summed E-state index contributed by atoms with van der Waals surface area (Å²) in [5.74, 6) is -0.975. The molecule has 196 valence electrons. The maximum absolute atomic E-state index is 13.2. The summed E-state index contributed by atoms with van der Waals surface area (Å²) in [6.45, 7) is -0.0224. The van der Waals surface area contributed by atoms with E-state index in [9.17, 15) is 22.8 Å². The molecule has 4 aromatic rings. The van der Waals surface area contributed by atoms with E-state index in [1.165, 1.54) is 30.3 Å². The van der Waals surface area contributed by atoms with Gasteiger partial charge in [0.1, 0.15) is 0 Å². The monoisotopic (exact) mass is 579 g/mol. The summed E-state index contributed by atoms with van der Waals surface area (Å²) in [5.41, 5.74) is -0.382. The van der Waals surface area contributed by atoms with Gasteiger partial charge in [-0.25, -0.2) is 0 Å². The molecule has 7 nitrogen and oxygen atoms in total. The lowest BCUT2D eigenvalue weighted by Gasteiger charge is -2.14. The number of aromatic nitrogens is 3. The van der Waals surface area contributed by atoms with E-state index in [0.29, 0.717) is 21.7 Å². The lowest BCUT2D eigenvalue weighted by atomic mass is 10.1. The van der Waals surface area contributed by atoms with Gasteiger partial charge >= 0.3 is 6.18 Å². The van der Waals surface area contributed by atoms with Gasteiger partial charge in [0.15, 0.2) is 11.0 Å². The fraction of sp³-hybridized carbons (Fsp3) is 0.120. The standard InChI is InChI=1S/C25H18Cl2F3N5O2S/c26-15-10-11-17(19(27)12-15)23(37)31-13-21-33-34-24(35(21)16-6-2-1-3-7-16)38-14-22(36)32-20-9-5-4-8-18(20)25(28,29)30/h1-12H,13-14H2,(H,31,37)(H,32,36). The number of nitrogens with zero attached hydrogens (tertiary/aromatic N) is 3. The third kappa shape index (κ3) is 6.66. The average molecular weight is 580 g/mol. The maximum atomic E-state index is 13.2. The van der Waals surface area contributed by atoms with E-state index < -0.39 is 23.6 Å². The molecule has 0 aliphatic heterocycles. The van der Waals surface area contributed by atoms with Crippen LogP contribution in [0.3, 0.4) is 0 Å². The summed E-state index contributed by atoms with van der Waals surface area (Å²) < 4.78 is 41.4. The molecular formula is C25H18Cl2F3N5O2S. The molecule has 0 aliphatic carbocycles. The van der Waals surface area contributed by atoms with E-state index in [4.69, 9.17) is 23.2 Å². The molecule has 38 heavy (non-hydrogen) atoms. The Bertz CT molecular complexity index is 1470. The van der Waals surface area contributed by atoms with Gasteiger partial charge in [-0.2, -0.15) is 13.2 Å². The first-order valence-electron chi connectivity index (χ1n) is 11.0. The van der Waals surface area contributed by atoms with Gasteiger partial charge in [-0.15, -0.1) is 10.2 Å². The topological polar surface area (TPSA) is 88.9 Å². The number of amides is 2. The minimum atomic E-state index is -4.61. The molecule has 0 atom stereocenters. The smallest absolute Gasteiger partial charge is 0.345 e. The number of carbonyl (C=O) groups excluding carboxylic acids is 2. The lowest BCUT2D eigenvalue weighted by Crippen LogP contribution is -2.25. The van der Waals surface area contributed by atoms with Crippen LogP contribution >= 0.6 is 35.0 Å². The van der Waals surface area contributed by atoms with Gasteiger partial charge in [0.25, 0.3) is 5.91 Å². The largest absolute Gasteiger partial charge is 0.418 e. The minimum absolute atomic E-state index is 0.0224. The van der Waals surface area contributed by atoms with Gasteiger partial charge in [0, 0.05) is 10.7 Å². The quantitative estimate of drug-likeness (QED) is 0.241. The summed E-state index contributed by atoms with van der Waals surface area (Å²) in [7, 11) is 0. The van der Waals surface area contributed by atoms with Crippen molar-refractivity contribution in [3.05, 3.63) is 99.8 Å². The fourth-order valence-electron chi connectivity index (χ4n) is 3.43. The van der Waals surface area contributed by atoms with Crippen LogP contribution < -0.4 is 10.6 Å². The Morgan fingerprint density at radius 3 is 2.37 bits per heavy atom. The molecule has 0 saturated carbocycles. The van der Waals surface area contributed by atoms with Gasteiger partial charge in [0.2, 0.25) is 5.91 Å². The number of thioether (sulfide) groups is 1. The van der Waals surface area contributed by atoms with Crippen LogP contribution in [0.25, 0.3) is 5.69 Å². The van der Waals surface area contributed by atoms with Crippen molar-refractivity contribution >= 4 is 52.5 Å². The lowest BCUT2D eigenvalue weighted by molar-refractivity contribution is -0.137. The molecule has 0 fully saturated rings. The number of hydrogen-bond acceptors (Lipinski definition) is 5. The number of nitrogens with one attached hydrogen (secondary N) is 2. The Morgan fingerprint density at radius 2 is 1.66 bits per heavy atom. The van der Waals surface area contributed by atoms with Crippen molar-refractivity contribution in [2.75, 3.05) is 11.1 Å². The number of para-hydroxylation sites is 2. The summed E-state index contributed by atoms with van der Waals surface area (Å²) in [5, 5.41) is 14.2. The van der Waals surface area contributed by atoms with E-state index in [0.717, 1.165) is 17.8 Å². The molecule has 0 saturated heterocycles. The number of anilines is 1. The number of carbonyl (C=O) groups is 2. The summed E-state index contributed by atoms with van der Waals surface area (Å²) in [6.07, 6.45) is -4.61. The van der Waals surface area contributed by atoms with E-state index in [1.807, 2.05) is 6.07 Å². The number of alkyl halides is 3. The third-order valence-corrected chi connectivity index (χ3v) is 6.61. The SMILES string of the molecule is O=C(CSc1nnc(CNC(=O)c2ccc(Cl)cc2Cl)n1-c1ccccc1)Nc1ccccc1C(F)(F)F. The van der Waals surface area contributed by atoms with Crippen molar-refractivity contribution in [2.24, 2.45) is 0 Å². The Labute approximate surface area is 229 Å². The summed E-state index contributed by atoms with van der Waals surface area (Å²) >= 11 is 13.0. The van der Waals surface area contributed by atoms with Crippen LogP contribution in [0.15, 0.2) is 78.0 Å². The second-order valence-corrected chi connectivity index (χ2v) is 9.54. The zero-order valence-electron chi connectivity index (χ0n) is 19.3. The van der Waals surface area contributed by atoms with Crippen LogP contribution in [0, 0.1) is 0 Å². The van der Waals surface area contributed by atoms with Crippen molar-refractivity contribution in [3.63, 3.8) is 0 Å². The van der Waals surface area contributed by atoms with Gasteiger partial charge < -0.3 is 10.6 Å². The van der Waals surface area contributed by atoms with Crippen LogP contribution in [0.4, 0.5) is 18.9 Å². The van der Waals surface area contributed by atoms with Gasteiger partial charge in [0.05, 0.1) is 34.1 Å². The Morgan fingerprint density at radius 1 is 0.947 bits per heavy atom. The first-order valence-corrected chi connectivity index (χ1v) is 12.7. The minimum Gasteiger partial charge on any atom is -0.345 e. The molecular weight excluding hydrogens is 562 g/mol. The second kappa shape index (κ2) is 11.9. The second-order valence-electron chi connectivity index (χ2n) is 7.76. The molecule has 0 spiro atoms. The molecule has 1 aromatic heterocycles. The number of benzene rings is 3. The molecule has 2 N–H and O–H groups in total. The molecule has 2 amide bonds. The first kappa shape index (κ1) is 27.5. The maximum Gasteiger partial charge on any atom is 0.418 e. The van der Waals surface area contributed by atoms with Crippen molar-refractivity contribution in [1.82, 2.24) is 20.1 Å². The predicted octanol–water partition coefficient (Wildman–Crippen LogP) is 6.25. The Kier molecular flexibility index (Phi) is 8.60. The highest BCUT2D eigenvalue weighted by atomic mass is 35.5. The molecule has 0 aliphatic rings. The fourth-order valence-corrected chi connectivity index (χ4v) is 4.69. The first-order chi connectivity index (χ1) is 18.1. The predicted molar refractivity (Wildman–Crippen MR) is 140 cm³/mol. The molecule has 13 heteroatoms. The number of rotatable bonds is 8. The van der Waals surface area contributed by atoms with Gasteiger partial charge in [-0.05, 0) is 42.5 Å². The van der Waals surface area contributed by atoms with Crippen LogP contribution in [0.5, 0.6) is 0 Å². The Balaban J connectivity index is 1.50. The van der Waals surface area contributed by atoms with Crippen LogP contribution in [-0.2, 0) is 17.5 Å². The van der Waals surface area contributed by atoms with E-state index >= 15 is 0 Å². The Hall–Kier alpha value is -3.54. The van der Waals surface area contributed by atoms with Crippen molar-refractivity contribution in [3.8, 4) is 5.69 Å². The number of hydrogen-bond donors (Lipinski definition) is 2. The van der Waals surface area contributed by atoms with Crippen LogP contribution in [0.1, 0.15) is 21.7 Å². The van der Waals surface area contributed by atoms with E-state index in [1.54, 1.807) is 34.9 Å². The van der Waals surface area contributed by atoms with E-state index in [-0.39, 0.29) is 28.6 Å². The molecule has 1 heterocycles. The molecule has 0 radical (unpaired) electrons.